The van der Waals surface area contributed by atoms with Crippen LogP contribution in [0.1, 0.15) is 250 Å². The van der Waals surface area contributed by atoms with E-state index in [1.165, 1.54) is 180 Å². The first-order valence-electron chi connectivity index (χ1n) is 24.2. The van der Waals surface area contributed by atoms with Crippen molar-refractivity contribution in [2.45, 2.75) is 251 Å². The summed E-state index contributed by atoms with van der Waals surface area (Å²) in [6.45, 7) is 5.85. The molecule has 0 unspecified atom stereocenters. The summed E-state index contributed by atoms with van der Waals surface area (Å²) in [6.07, 6.45) is 46.8. The molecule has 1 aromatic carbocycles. The molecule has 55 heavy (non-hydrogen) atoms. The van der Waals surface area contributed by atoms with E-state index in [1.807, 2.05) is 12.1 Å². The number of hydrogen-bond donors (Lipinski definition) is 2. The van der Waals surface area contributed by atoms with Gasteiger partial charge in [-0.05, 0) is 61.8 Å². The number of benzene rings is 1. The lowest BCUT2D eigenvalue weighted by Crippen LogP contribution is -2.29. The van der Waals surface area contributed by atoms with Crippen molar-refractivity contribution in [1.29, 1.82) is 0 Å². The molecule has 0 spiro atoms. The molecular formula is C49H88N2O4. The highest BCUT2D eigenvalue weighted by Crippen LogP contribution is 2.33. The van der Waals surface area contributed by atoms with Crippen LogP contribution in [-0.2, 0) is 12.8 Å². The fourth-order valence-corrected chi connectivity index (χ4v) is 8.03. The topological polar surface area (TPSA) is 76.7 Å². The molecule has 2 aliphatic carbocycles. The summed E-state index contributed by atoms with van der Waals surface area (Å²) in [5.41, 5.74) is 1.87. The van der Waals surface area contributed by atoms with Gasteiger partial charge in [-0.3, -0.25) is 0 Å². The van der Waals surface area contributed by atoms with Gasteiger partial charge in [0.15, 0.2) is 0 Å². The van der Waals surface area contributed by atoms with Crippen molar-refractivity contribution in [2.75, 3.05) is 13.1 Å². The van der Waals surface area contributed by atoms with Crippen LogP contribution in [0.25, 0.3) is 0 Å². The average Bonchev–Trinajstić information content (AvgIpc) is 3.34. The van der Waals surface area contributed by atoms with Gasteiger partial charge in [0.05, 0.1) is 0 Å². The number of unbranched alkanes of at least 4 members (excludes halogenated alkanes) is 30. The number of amides is 2. The maximum absolute atomic E-state index is 12.7. The van der Waals surface area contributed by atoms with Crippen LogP contribution >= 0.6 is 0 Å². The highest BCUT2D eigenvalue weighted by molar-refractivity contribution is 5.73. The van der Waals surface area contributed by atoms with Gasteiger partial charge in [-0.25, -0.2) is 9.59 Å². The average molecular weight is 769 g/mol. The zero-order chi connectivity index (χ0) is 39.3. The first-order chi connectivity index (χ1) is 27.1. The fraction of sp³-hybridized carbons (Fsp3) is 0.837. The molecule has 2 N–H and O–H groups in total. The molecule has 0 heterocycles. The molecule has 0 radical (unpaired) electrons. The molecule has 318 valence electrons. The van der Waals surface area contributed by atoms with E-state index < -0.39 is 12.2 Å². The van der Waals surface area contributed by atoms with Crippen LogP contribution in [0.5, 0.6) is 11.5 Å². The Balaban J connectivity index is 1.51. The molecule has 0 atom stereocenters. The summed E-state index contributed by atoms with van der Waals surface area (Å²) in [5, 5.41) is 5.92. The zero-order valence-electron chi connectivity index (χ0n) is 36.4. The summed E-state index contributed by atoms with van der Waals surface area (Å²) < 4.78 is 11.6. The molecule has 0 aromatic heterocycles. The lowest BCUT2D eigenvalue weighted by molar-refractivity contribution is 0.197. The lowest BCUT2D eigenvalue weighted by Gasteiger charge is -2.15. The summed E-state index contributed by atoms with van der Waals surface area (Å²) in [6, 6.07) is 3.85. The van der Waals surface area contributed by atoms with E-state index in [2.05, 4.69) is 24.5 Å². The molecule has 2 aliphatic rings. The van der Waals surface area contributed by atoms with E-state index >= 15 is 0 Å². The molecule has 0 saturated heterocycles. The standard InChI is InChI=1S/C49H88N2O4/c1-3-5-7-9-11-13-15-17-19-21-23-25-27-29-31-36-40-50-48(52)54-46-42-45-39-35-33-34-38-44(46)43-47(45)55-49(53)51-41-37-32-30-28-26-24-22-20-18-16-14-12-10-8-6-4-2/h42-43H,3-41H2,1-2H3,(H,50,52)(H,51,53). The van der Waals surface area contributed by atoms with Crippen LogP contribution in [0.3, 0.4) is 0 Å². The second kappa shape index (κ2) is 36.1. The third-order valence-electron chi connectivity index (χ3n) is 11.6. The van der Waals surface area contributed by atoms with E-state index in [-0.39, 0.29) is 0 Å². The fourth-order valence-electron chi connectivity index (χ4n) is 8.03. The molecule has 0 aliphatic heterocycles. The number of ether oxygens (including phenoxy) is 2. The maximum atomic E-state index is 12.7. The largest absolute Gasteiger partial charge is 0.412 e. The maximum Gasteiger partial charge on any atom is 0.412 e. The minimum Gasteiger partial charge on any atom is -0.410 e. The van der Waals surface area contributed by atoms with Crippen LogP contribution in [0.15, 0.2) is 12.1 Å². The number of hydrogen-bond acceptors (Lipinski definition) is 4. The van der Waals surface area contributed by atoms with E-state index in [0.717, 1.165) is 68.9 Å². The van der Waals surface area contributed by atoms with E-state index in [9.17, 15) is 9.59 Å². The van der Waals surface area contributed by atoms with Crippen LogP contribution < -0.4 is 20.1 Å². The summed E-state index contributed by atoms with van der Waals surface area (Å²) in [4.78, 5) is 25.4. The Labute approximate surface area is 340 Å². The second-order valence-electron chi connectivity index (χ2n) is 16.9. The molecule has 6 nitrogen and oxygen atoms in total. The number of aryl methyl sites for hydroxylation is 2. The highest BCUT2D eigenvalue weighted by Gasteiger charge is 2.18. The predicted octanol–water partition coefficient (Wildman–Crippen LogP) is 15.7. The smallest absolute Gasteiger partial charge is 0.410 e. The van der Waals surface area contributed by atoms with Gasteiger partial charge in [0.25, 0.3) is 0 Å². The normalized spacial score (nSPS) is 12.6. The van der Waals surface area contributed by atoms with Crippen molar-refractivity contribution >= 4 is 12.2 Å². The first kappa shape index (κ1) is 48.9. The molecule has 3 rings (SSSR count). The molecular weight excluding hydrogens is 681 g/mol. The molecule has 6 heteroatoms. The number of nitrogens with one attached hydrogen (secondary N) is 2. The van der Waals surface area contributed by atoms with Gasteiger partial charge < -0.3 is 20.1 Å². The second-order valence-corrected chi connectivity index (χ2v) is 16.9. The minimum atomic E-state index is -0.391. The molecule has 1 aromatic rings. The van der Waals surface area contributed by atoms with Crippen LogP contribution in [0.4, 0.5) is 9.59 Å². The van der Waals surface area contributed by atoms with Gasteiger partial charge in [-0.2, -0.15) is 0 Å². The Morgan fingerprint density at radius 1 is 0.400 bits per heavy atom. The van der Waals surface area contributed by atoms with Crippen molar-refractivity contribution in [3.63, 3.8) is 0 Å². The van der Waals surface area contributed by atoms with E-state index in [1.54, 1.807) is 0 Å². The summed E-state index contributed by atoms with van der Waals surface area (Å²) in [7, 11) is 0. The van der Waals surface area contributed by atoms with Gasteiger partial charge >= 0.3 is 12.2 Å². The number of carbonyl (C=O) groups excluding carboxylic acids is 2. The van der Waals surface area contributed by atoms with Crippen molar-refractivity contribution in [2.24, 2.45) is 0 Å². The SMILES string of the molecule is CCCCCCCCCCCCCCCCCCNC(=O)Oc1cc2c(OC(=O)NCCCCCCCCCCCCCCCCCC)cc1CCCCC2. The van der Waals surface area contributed by atoms with Crippen molar-refractivity contribution in [3.8, 4) is 11.5 Å². The van der Waals surface area contributed by atoms with Gasteiger partial charge in [0.2, 0.25) is 0 Å². The Morgan fingerprint density at radius 3 is 0.927 bits per heavy atom. The summed E-state index contributed by atoms with van der Waals surface area (Å²) in [5.74, 6) is 1.20. The van der Waals surface area contributed by atoms with E-state index in [0.29, 0.717) is 24.6 Å². The third kappa shape index (κ3) is 27.9. The predicted molar refractivity (Wildman–Crippen MR) is 235 cm³/mol. The van der Waals surface area contributed by atoms with Gasteiger partial charge in [0.1, 0.15) is 11.5 Å². The zero-order valence-corrected chi connectivity index (χ0v) is 36.4. The van der Waals surface area contributed by atoms with Crippen molar-refractivity contribution < 1.29 is 19.1 Å². The number of carbonyl (C=O) groups is 2. The van der Waals surface area contributed by atoms with Crippen molar-refractivity contribution in [1.82, 2.24) is 10.6 Å². The Hall–Kier alpha value is -2.24. The third-order valence-corrected chi connectivity index (χ3v) is 11.6. The molecule has 0 fully saturated rings. The Bertz CT molecular complexity index is 978. The lowest BCUT2D eigenvalue weighted by atomic mass is 10.0. The highest BCUT2D eigenvalue weighted by atomic mass is 16.6. The van der Waals surface area contributed by atoms with Crippen molar-refractivity contribution in [3.05, 3.63) is 23.3 Å². The molecule has 2 bridgehead atoms. The van der Waals surface area contributed by atoms with E-state index in [4.69, 9.17) is 9.47 Å². The van der Waals surface area contributed by atoms with Gasteiger partial charge in [-0.15, -0.1) is 0 Å². The quantitative estimate of drug-likeness (QED) is 0.0667. The van der Waals surface area contributed by atoms with Crippen LogP contribution in [0.2, 0.25) is 0 Å². The Morgan fingerprint density at radius 2 is 0.655 bits per heavy atom. The minimum absolute atomic E-state index is 0.391. The van der Waals surface area contributed by atoms with Gasteiger partial charge in [-0.1, -0.05) is 213 Å². The summed E-state index contributed by atoms with van der Waals surface area (Å²) >= 11 is 0. The Kier molecular flexibility index (Phi) is 32.1. The monoisotopic (exact) mass is 769 g/mol. The number of fused-ring (bicyclic) bond motifs is 6. The van der Waals surface area contributed by atoms with Gasteiger partial charge in [0, 0.05) is 13.1 Å². The first-order valence-corrected chi connectivity index (χ1v) is 24.2. The van der Waals surface area contributed by atoms with Crippen LogP contribution in [0, 0.1) is 0 Å². The molecule has 2 amide bonds. The number of rotatable bonds is 36. The van der Waals surface area contributed by atoms with Crippen LogP contribution in [-0.4, -0.2) is 25.3 Å². The molecule has 0 saturated carbocycles.